The number of phenolic OH excluding ortho intramolecular Hbond substituents is 1. The number of alkyl halides is 3. The van der Waals surface area contributed by atoms with Gasteiger partial charge in [-0.3, -0.25) is 9.89 Å². The molecule has 28 heavy (non-hydrogen) atoms. The Labute approximate surface area is 164 Å². The van der Waals surface area contributed by atoms with Crippen molar-refractivity contribution in [2.24, 2.45) is 10.9 Å². The quantitative estimate of drug-likeness (QED) is 0.543. The topological polar surface area (TPSA) is 60.3 Å². The summed E-state index contributed by atoms with van der Waals surface area (Å²) in [6.45, 7) is 3.42. The number of nitrogens with one attached hydrogen (secondary N) is 1. The standard InChI is InChI=1S/C19H29F3N4O2/c1-4-25(13-19(20,21)22)11-14-7-8-26(12-14)18(23-2)24-10-15-9-16(28-3)5-6-17(15)27/h5-6,9,14,27H,4,7-8,10-13H2,1-3H3,(H,23,24). The van der Waals surface area contributed by atoms with E-state index in [4.69, 9.17) is 4.74 Å². The molecule has 158 valence electrons. The van der Waals surface area contributed by atoms with Gasteiger partial charge in [-0.1, -0.05) is 6.92 Å². The van der Waals surface area contributed by atoms with Gasteiger partial charge in [0.1, 0.15) is 11.5 Å². The number of halogens is 3. The van der Waals surface area contributed by atoms with E-state index in [9.17, 15) is 18.3 Å². The average molecular weight is 402 g/mol. The number of ether oxygens (including phenoxy) is 1. The SMILES string of the molecule is CCN(CC1CCN(C(=NC)NCc2cc(OC)ccc2O)C1)CC(F)(F)F. The van der Waals surface area contributed by atoms with E-state index in [1.165, 1.54) is 4.90 Å². The van der Waals surface area contributed by atoms with E-state index in [0.717, 1.165) is 13.0 Å². The van der Waals surface area contributed by atoms with Crippen molar-refractivity contribution in [1.29, 1.82) is 0 Å². The van der Waals surface area contributed by atoms with Crippen molar-refractivity contribution in [1.82, 2.24) is 15.1 Å². The smallest absolute Gasteiger partial charge is 0.401 e. The third-order valence-electron chi connectivity index (χ3n) is 4.89. The highest BCUT2D eigenvalue weighted by molar-refractivity contribution is 5.80. The van der Waals surface area contributed by atoms with Crippen molar-refractivity contribution in [3.63, 3.8) is 0 Å². The first-order valence-corrected chi connectivity index (χ1v) is 9.36. The van der Waals surface area contributed by atoms with Crippen LogP contribution in [0.3, 0.4) is 0 Å². The van der Waals surface area contributed by atoms with Crippen LogP contribution in [0.15, 0.2) is 23.2 Å². The highest BCUT2D eigenvalue weighted by Crippen LogP contribution is 2.24. The zero-order chi connectivity index (χ0) is 20.7. The Morgan fingerprint density at radius 1 is 1.43 bits per heavy atom. The lowest BCUT2D eigenvalue weighted by Crippen LogP contribution is -2.41. The van der Waals surface area contributed by atoms with Crippen LogP contribution >= 0.6 is 0 Å². The van der Waals surface area contributed by atoms with Crippen LogP contribution in [0.4, 0.5) is 13.2 Å². The van der Waals surface area contributed by atoms with Crippen LogP contribution in [0.2, 0.25) is 0 Å². The van der Waals surface area contributed by atoms with Crippen molar-refractivity contribution in [3.8, 4) is 11.5 Å². The predicted octanol–water partition coefficient (Wildman–Crippen LogP) is 2.68. The minimum Gasteiger partial charge on any atom is -0.508 e. The van der Waals surface area contributed by atoms with Gasteiger partial charge < -0.3 is 20.1 Å². The molecule has 1 aromatic carbocycles. The number of methoxy groups -OCH3 is 1. The van der Waals surface area contributed by atoms with Crippen LogP contribution in [0.5, 0.6) is 11.5 Å². The zero-order valence-corrected chi connectivity index (χ0v) is 16.6. The number of aliphatic imine (C=N–C) groups is 1. The monoisotopic (exact) mass is 402 g/mol. The largest absolute Gasteiger partial charge is 0.508 e. The van der Waals surface area contributed by atoms with Gasteiger partial charge in [0.25, 0.3) is 0 Å². The molecule has 0 aliphatic carbocycles. The summed E-state index contributed by atoms with van der Waals surface area (Å²) in [7, 11) is 3.23. The van der Waals surface area contributed by atoms with Gasteiger partial charge in [0, 0.05) is 38.8 Å². The molecule has 0 aromatic heterocycles. The van der Waals surface area contributed by atoms with E-state index in [2.05, 4.69) is 10.3 Å². The lowest BCUT2D eigenvalue weighted by Gasteiger charge is -2.26. The molecule has 1 unspecified atom stereocenters. The second kappa shape index (κ2) is 9.86. The van der Waals surface area contributed by atoms with Gasteiger partial charge in [-0.05, 0) is 37.1 Å². The van der Waals surface area contributed by atoms with Crippen LogP contribution in [0.25, 0.3) is 0 Å². The van der Waals surface area contributed by atoms with Gasteiger partial charge in [0.2, 0.25) is 0 Å². The lowest BCUT2D eigenvalue weighted by molar-refractivity contribution is -0.146. The van der Waals surface area contributed by atoms with Crippen molar-refractivity contribution < 1.29 is 23.0 Å². The van der Waals surface area contributed by atoms with Crippen LogP contribution in [0, 0.1) is 5.92 Å². The first-order valence-electron chi connectivity index (χ1n) is 9.36. The molecule has 9 heteroatoms. The number of aromatic hydroxyl groups is 1. The molecule has 1 heterocycles. The van der Waals surface area contributed by atoms with Crippen molar-refractivity contribution in [2.75, 3.05) is 46.9 Å². The van der Waals surface area contributed by atoms with Crippen LogP contribution < -0.4 is 10.1 Å². The van der Waals surface area contributed by atoms with E-state index in [1.807, 2.05) is 4.90 Å². The third kappa shape index (κ3) is 6.47. The Morgan fingerprint density at radius 2 is 2.18 bits per heavy atom. The van der Waals surface area contributed by atoms with E-state index in [0.29, 0.717) is 43.5 Å². The lowest BCUT2D eigenvalue weighted by atomic mass is 10.1. The van der Waals surface area contributed by atoms with Gasteiger partial charge in [0.15, 0.2) is 5.96 Å². The summed E-state index contributed by atoms with van der Waals surface area (Å²) < 4.78 is 43.2. The predicted molar refractivity (Wildman–Crippen MR) is 103 cm³/mol. The number of phenols is 1. The molecule has 1 saturated heterocycles. The summed E-state index contributed by atoms with van der Waals surface area (Å²) in [5, 5.41) is 13.2. The second-order valence-corrected chi connectivity index (χ2v) is 6.94. The van der Waals surface area contributed by atoms with Crippen LogP contribution in [0.1, 0.15) is 18.9 Å². The van der Waals surface area contributed by atoms with E-state index >= 15 is 0 Å². The molecule has 1 fully saturated rings. The molecule has 1 atom stereocenters. The number of rotatable bonds is 7. The molecule has 0 saturated carbocycles. The molecule has 2 rings (SSSR count). The molecule has 0 radical (unpaired) electrons. The molecule has 2 N–H and O–H groups in total. The Bertz CT molecular complexity index is 667. The normalized spacial score (nSPS) is 18.0. The van der Waals surface area contributed by atoms with E-state index < -0.39 is 12.7 Å². The van der Waals surface area contributed by atoms with Gasteiger partial charge in [0.05, 0.1) is 13.7 Å². The first kappa shape index (κ1) is 22.1. The van der Waals surface area contributed by atoms with Crippen LogP contribution in [-0.2, 0) is 6.54 Å². The summed E-state index contributed by atoms with van der Waals surface area (Å²) in [6, 6.07) is 5.00. The summed E-state index contributed by atoms with van der Waals surface area (Å²) >= 11 is 0. The Balaban J connectivity index is 1.90. The van der Waals surface area contributed by atoms with Crippen molar-refractivity contribution in [3.05, 3.63) is 23.8 Å². The fraction of sp³-hybridized carbons (Fsp3) is 0.632. The second-order valence-electron chi connectivity index (χ2n) is 6.94. The maximum Gasteiger partial charge on any atom is 0.401 e. The Kier molecular flexibility index (Phi) is 7.79. The number of benzene rings is 1. The van der Waals surface area contributed by atoms with Crippen molar-refractivity contribution >= 4 is 5.96 Å². The molecular formula is C19H29F3N4O2. The summed E-state index contributed by atoms with van der Waals surface area (Å²) in [5.41, 5.74) is 0.679. The zero-order valence-electron chi connectivity index (χ0n) is 16.6. The maximum atomic E-state index is 12.7. The van der Waals surface area contributed by atoms with Gasteiger partial charge in [-0.2, -0.15) is 13.2 Å². The highest BCUT2D eigenvalue weighted by Gasteiger charge is 2.33. The van der Waals surface area contributed by atoms with Gasteiger partial charge in [-0.25, -0.2) is 0 Å². The maximum absolute atomic E-state index is 12.7. The van der Waals surface area contributed by atoms with E-state index in [-0.39, 0.29) is 11.7 Å². The number of nitrogens with zero attached hydrogens (tertiary/aromatic N) is 3. The number of likely N-dealkylation sites (tertiary alicyclic amines) is 1. The number of hydrogen-bond donors (Lipinski definition) is 2. The minimum absolute atomic E-state index is 0.158. The molecule has 1 aromatic rings. The minimum atomic E-state index is -4.18. The van der Waals surface area contributed by atoms with Gasteiger partial charge in [-0.15, -0.1) is 0 Å². The first-order chi connectivity index (χ1) is 13.3. The molecule has 0 bridgehead atoms. The summed E-state index contributed by atoms with van der Waals surface area (Å²) in [4.78, 5) is 7.76. The molecule has 0 spiro atoms. The fourth-order valence-corrected chi connectivity index (χ4v) is 3.44. The Morgan fingerprint density at radius 3 is 2.79 bits per heavy atom. The van der Waals surface area contributed by atoms with Crippen molar-refractivity contribution in [2.45, 2.75) is 26.1 Å². The molecule has 6 nitrogen and oxygen atoms in total. The number of hydrogen-bond acceptors (Lipinski definition) is 4. The molecular weight excluding hydrogens is 373 g/mol. The summed E-state index contributed by atoms with van der Waals surface area (Å²) in [6.07, 6.45) is -3.36. The average Bonchev–Trinajstić information content (AvgIpc) is 3.10. The third-order valence-corrected chi connectivity index (χ3v) is 4.89. The molecule has 1 aliphatic rings. The Hall–Kier alpha value is -2.16. The highest BCUT2D eigenvalue weighted by atomic mass is 19.4. The molecule has 1 aliphatic heterocycles. The van der Waals surface area contributed by atoms with Gasteiger partial charge >= 0.3 is 6.18 Å². The molecule has 0 amide bonds. The summed E-state index contributed by atoms with van der Waals surface area (Å²) in [5.74, 6) is 1.64. The van der Waals surface area contributed by atoms with E-state index in [1.54, 1.807) is 39.3 Å². The fourth-order valence-electron chi connectivity index (χ4n) is 3.44. The van der Waals surface area contributed by atoms with Crippen LogP contribution in [-0.4, -0.2) is 73.9 Å². The number of guanidine groups is 1.